The molecule has 1 rings (SSSR count). The van der Waals surface area contributed by atoms with Crippen LogP contribution in [-0.4, -0.2) is 17.7 Å². The Morgan fingerprint density at radius 1 is 1.33 bits per heavy atom. The molecule has 0 aliphatic heterocycles. The van der Waals surface area contributed by atoms with Crippen LogP contribution < -0.4 is 0 Å². The van der Waals surface area contributed by atoms with Crippen molar-refractivity contribution >= 4 is 12.0 Å². The van der Waals surface area contributed by atoms with Crippen molar-refractivity contribution in [2.45, 2.75) is 33.1 Å². The molecule has 0 radical (unpaired) electrons. The molecule has 1 N–H and O–H groups in total. The molecule has 1 aromatic carbocycles. The predicted molar refractivity (Wildman–Crippen MR) is 72.5 cm³/mol. The SMILES string of the molecule is CCOC(=O)/C=C/c1cc(O)cc(C(C)(C)C)c1. The molecule has 0 saturated heterocycles. The van der Waals surface area contributed by atoms with Gasteiger partial charge < -0.3 is 9.84 Å². The number of ether oxygens (including phenoxy) is 1. The molecule has 0 amide bonds. The minimum atomic E-state index is -0.377. The number of rotatable bonds is 3. The van der Waals surface area contributed by atoms with Gasteiger partial charge in [0.1, 0.15) is 5.75 Å². The second-order valence-electron chi connectivity index (χ2n) is 5.15. The Morgan fingerprint density at radius 3 is 2.56 bits per heavy atom. The molecule has 0 unspecified atom stereocenters. The quantitative estimate of drug-likeness (QED) is 0.659. The Bertz CT molecular complexity index is 453. The average Bonchev–Trinajstić information content (AvgIpc) is 2.25. The van der Waals surface area contributed by atoms with Crippen molar-refractivity contribution in [3.05, 3.63) is 35.4 Å². The molecule has 0 bridgehead atoms. The van der Waals surface area contributed by atoms with Gasteiger partial charge in [-0.15, -0.1) is 0 Å². The second-order valence-corrected chi connectivity index (χ2v) is 5.15. The largest absolute Gasteiger partial charge is 0.508 e. The van der Waals surface area contributed by atoms with Gasteiger partial charge in [0.2, 0.25) is 0 Å². The van der Waals surface area contributed by atoms with Gasteiger partial charge >= 0.3 is 5.97 Å². The zero-order valence-electron chi connectivity index (χ0n) is 11.4. The standard InChI is InChI=1S/C15H20O3/c1-5-18-14(17)7-6-11-8-12(15(2,3)4)10-13(16)9-11/h6-10,16H,5H2,1-4H3/b7-6+. The molecule has 1 aromatic rings. The highest BCUT2D eigenvalue weighted by Crippen LogP contribution is 2.27. The second kappa shape index (κ2) is 5.71. The maximum Gasteiger partial charge on any atom is 0.330 e. The van der Waals surface area contributed by atoms with Gasteiger partial charge in [0.25, 0.3) is 0 Å². The van der Waals surface area contributed by atoms with Gasteiger partial charge in [-0.3, -0.25) is 0 Å². The fourth-order valence-corrected chi connectivity index (χ4v) is 1.52. The van der Waals surface area contributed by atoms with Crippen LogP contribution in [-0.2, 0) is 14.9 Å². The van der Waals surface area contributed by atoms with E-state index in [2.05, 4.69) is 20.8 Å². The lowest BCUT2D eigenvalue weighted by molar-refractivity contribution is -0.137. The molecule has 0 aliphatic rings. The molecule has 18 heavy (non-hydrogen) atoms. The topological polar surface area (TPSA) is 46.5 Å². The van der Waals surface area contributed by atoms with Crippen LogP contribution in [0.15, 0.2) is 24.3 Å². The van der Waals surface area contributed by atoms with Crippen molar-refractivity contribution in [2.24, 2.45) is 0 Å². The van der Waals surface area contributed by atoms with Gasteiger partial charge in [0, 0.05) is 6.08 Å². The Hall–Kier alpha value is -1.77. The van der Waals surface area contributed by atoms with E-state index in [1.807, 2.05) is 6.07 Å². The highest BCUT2D eigenvalue weighted by molar-refractivity contribution is 5.87. The summed E-state index contributed by atoms with van der Waals surface area (Å²) in [6.07, 6.45) is 3.01. The summed E-state index contributed by atoms with van der Waals surface area (Å²) < 4.78 is 4.80. The van der Waals surface area contributed by atoms with Crippen molar-refractivity contribution in [3.8, 4) is 5.75 Å². The predicted octanol–water partition coefficient (Wildman–Crippen LogP) is 3.27. The number of aromatic hydroxyl groups is 1. The average molecular weight is 248 g/mol. The maximum absolute atomic E-state index is 11.2. The van der Waals surface area contributed by atoms with E-state index in [9.17, 15) is 9.90 Å². The van der Waals surface area contributed by atoms with E-state index >= 15 is 0 Å². The first kappa shape index (κ1) is 14.3. The van der Waals surface area contributed by atoms with Crippen LogP contribution in [0, 0.1) is 0 Å². The maximum atomic E-state index is 11.2. The van der Waals surface area contributed by atoms with E-state index in [1.54, 1.807) is 25.1 Å². The summed E-state index contributed by atoms with van der Waals surface area (Å²) in [6, 6.07) is 5.31. The summed E-state index contributed by atoms with van der Waals surface area (Å²) >= 11 is 0. The zero-order chi connectivity index (χ0) is 13.8. The lowest BCUT2D eigenvalue weighted by Crippen LogP contribution is -2.10. The van der Waals surface area contributed by atoms with E-state index in [0.717, 1.165) is 11.1 Å². The third-order valence-electron chi connectivity index (χ3n) is 2.50. The number of hydrogen-bond donors (Lipinski definition) is 1. The first-order valence-corrected chi connectivity index (χ1v) is 6.02. The van der Waals surface area contributed by atoms with Gasteiger partial charge in [0.15, 0.2) is 0 Å². The molecule has 3 heteroatoms. The van der Waals surface area contributed by atoms with E-state index in [0.29, 0.717) is 6.61 Å². The van der Waals surface area contributed by atoms with E-state index < -0.39 is 0 Å². The van der Waals surface area contributed by atoms with Crippen molar-refractivity contribution in [3.63, 3.8) is 0 Å². The summed E-state index contributed by atoms with van der Waals surface area (Å²) in [6.45, 7) is 8.33. The Balaban J connectivity index is 2.97. The third kappa shape index (κ3) is 4.24. The first-order chi connectivity index (χ1) is 8.32. The molecule has 0 heterocycles. The van der Waals surface area contributed by atoms with Crippen LogP contribution in [0.1, 0.15) is 38.8 Å². The molecule has 0 spiro atoms. The lowest BCUT2D eigenvalue weighted by atomic mass is 9.86. The Labute approximate surface area is 108 Å². The van der Waals surface area contributed by atoms with E-state index in [4.69, 9.17) is 4.74 Å². The van der Waals surface area contributed by atoms with Crippen LogP contribution >= 0.6 is 0 Å². The van der Waals surface area contributed by atoms with E-state index in [1.165, 1.54) is 6.08 Å². The Kier molecular flexibility index (Phi) is 4.54. The van der Waals surface area contributed by atoms with Gasteiger partial charge in [-0.25, -0.2) is 4.79 Å². The summed E-state index contributed by atoms with van der Waals surface area (Å²) in [5.41, 5.74) is 1.75. The van der Waals surface area contributed by atoms with Gasteiger partial charge in [-0.1, -0.05) is 26.8 Å². The number of esters is 1. The minimum absolute atomic E-state index is 0.0503. The van der Waals surface area contributed by atoms with Crippen LogP contribution in [0.2, 0.25) is 0 Å². The van der Waals surface area contributed by atoms with Crippen LogP contribution in [0.3, 0.4) is 0 Å². The number of benzene rings is 1. The Morgan fingerprint density at radius 2 is 2.00 bits per heavy atom. The monoisotopic (exact) mass is 248 g/mol. The van der Waals surface area contributed by atoms with Crippen LogP contribution in [0.4, 0.5) is 0 Å². The number of carbonyl (C=O) groups excluding carboxylic acids is 1. The molecule has 0 atom stereocenters. The lowest BCUT2D eigenvalue weighted by Gasteiger charge is -2.19. The van der Waals surface area contributed by atoms with E-state index in [-0.39, 0.29) is 17.1 Å². The smallest absolute Gasteiger partial charge is 0.330 e. The fraction of sp³-hybridized carbons (Fsp3) is 0.400. The number of phenols is 1. The molecule has 0 aliphatic carbocycles. The van der Waals surface area contributed by atoms with Crippen molar-refractivity contribution in [1.82, 2.24) is 0 Å². The number of phenolic OH excluding ortho intramolecular Hbond substituents is 1. The van der Waals surface area contributed by atoms with Crippen molar-refractivity contribution in [2.75, 3.05) is 6.61 Å². The minimum Gasteiger partial charge on any atom is -0.508 e. The molecule has 0 saturated carbocycles. The van der Waals surface area contributed by atoms with Crippen LogP contribution in [0.5, 0.6) is 5.75 Å². The highest BCUT2D eigenvalue weighted by Gasteiger charge is 2.14. The van der Waals surface area contributed by atoms with Crippen molar-refractivity contribution < 1.29 is 14.6 Å². The third-order valence-corrected chi connectivity index (χ3v) is 2.50. The molecule has 3 nitrogen and oxygen atoms in total. The van der Waals surface area contributed by atoms with Gasteiger partial charge in [-0.2, -0.15) is 0 Å². The summed E-state index contributed by atoms with van der Waals surface area (Å²) in [5, 5.41) is 9.68. The van der Waals surface area contributed by atoms with Crippen LogP contribution in [0.25, 0.3) is 6.08 Å². The molecule has 98 valence electrons. The normalized spacial score (nSPS) is 11.8. The van der Waals surface area contributed by atoms with Gasteiger partial charge in [-0.05, 0) is 41.7 Å². The summed E-state index contributed by atoms with van der Waals surface area (Å²) in [4.78, 5) is 11.2. The molecular weight excluding hydrogens is 228 g/mol. The molecule has 0 aromatic heterocycles. The summed E-state index contributed by atoms with van der Waals surface area (Å²) in [7, 11) is 0. The summed E-state index contributed by atoms with van der Waals surface area (Å²) in [5.74, 6) is -0.177. The first-order valence-electron chi connectivity index (χ1n) is 6.02. The fourth-order valence-electron chi connectivity index (χ4n) is 1.52. The highest BCUT2D eigenvalue weighted by atomic mass is 16.5. The number of hydrogen-bond acceptors (Lipinski definition) is 3. The van der Waals surface area contributed by atoms with Crippen molar-refractivity contribution in [1.29, 1.82) is 0 Å². The van der Waals surface area contributed by atoms with Gasteiger partial charge in [0.05, 0.1) is 6.61 Å². The molecule has 0 fully saturated rings. The molecular formula is C15H20O3. The zero-order valence-corrected chi connectivity index (χ0v) is 11.4. The number of carbonyl (C=O) groups is 1.